The first-order chi connectivity index (χ1) is 15.3. The topological polar surface area (TPSA) is 80.3 Å². The Hall–Kier alpha value is -1.67. The number of para-hydroxylation sites is 1. The van der Waals surface area contributed by atoms with Gasteiger partial charge < -0.3 is 24.6 Å². The fourth-order valence-electron chi connectivity index (χ4n) is 4.13. The molecule has 0 aromatic heterocycles. The molecule has 33 heavy (non-hydrogen) atoms. The summed E-state index contributed by atoms with van der Waals surface area (Å²) in [6.07, 6.45) is -1.01. The summed E-state index contributed by atoms with van der Waals surface area (Å²) in [6, 6.07) is 9.37. The number of rotatable bonds is 10. The number of esters is 1. The van der Waals surface area contributed by atoms with Crippen LogP contribution in [0.3, 0.4) is 0 Å². The number of carbonyl (C=O) groups is 1. The molecular weight excluding hydrogens is 420 g/mol. The van der Waals surface area contributed by atoms with Gasteiger partial charge in [-0.3, -0.25) is 9.69 Å². The quantitative estimate of drug-likeness (QED) is 0.398. The van der Waals surface area contributed by atoms with Crippen molar-refractivity contribution in [1.82, 2.24) is 4.90 Å². The van der Waals surface area contributed by atoms with Crippen molar-refractivity contribution in [3.05, 3.63) is 30.3 Å². The highest BCUT2D eigenvalue weighted by Gasteiger charge is 2.48. The highest BCUT2D eigenvalue weighted by molar-refractivity contribution is 5.77. The molecule has 1 aromatic carbocycles. The zero-order valence-electron chi connectivity index (χ0n) is 21.5. The zero-order chi connectivity index (χ0) is 24.7. The molecule has 1 aliphatic heterocycles. The molecular formula is C26H44N2O5. The average Bonchev–Trinajstić information content (AvgIpc) is 2.71. The van der Waals surface area contributed by atoms with Gasteiger partial charge in [0, 0.05) is 25.3 Å². The van der Waals surface area contributed by atoms with Crippen LogP contribution in [0.1, 0.15) is 54.9 Å². The van der Waals surface area contributed by atoms with Crippen LogP contribution in [-0.2, 0) is 19.0 Å². The van der Waals surface area contributed by atoms with E-state index in [-0.39, 0.29) is 23.4 Å². The van der Waals surface area contributed by atoms with Gasteiger partial charge in [-0.15, -0.1) is 0 Å². The summed E-state index contributed by atoms with van der Waals surface area (Å²) in [5, 5.41) is 13.4. The molecule has 3 unspecified atom stereocenters. The number of nitrogens with zero attached hydrogens (tertiary/aromatic N) is 1. The van der Waals surface area contributed by atoms with Crippen molar-refractivity contribution in [2.24, 2.45) is 16.2 Å². The van der Waals surface area contributed by atoms with Crippen molar-refractivity contribution in [2.75, 3.05) is 44.8 Å². The first kappa shape index (κ1) is 27.6. The minimum Gasteiger partial charge on any atom is -0.462 e. The monoisotopic (exact) mass is 464 g/mol. The first-order valence-electron chi connectivity index (χ1n) is 11.9. The van der Waals surface area contributed by atoms with Gasteiger partial charge in [0.25, 0.3) is 0 Å². The van der Waals surface area contributed by atoms with Crippen LogP contribution < -0.4 is 5.32 Å². The van der Waals surface area contributed by atoms with E-state index in [0.29, 0.717) is 26.2 Å². The Balaban J connectivity index is 2.07. The molecule has 0 bridgehead atoms. The van der Waals surface area contributed by atoms with Crippen LogP contribution >= 0.6 is 0 Å². The SMILES string of the molecule is CC(C)(C)CC(C)(C(=O)OCC(CN1CCOCC1)OC(O)Nc1ccccc1)C(C)(C)C. The highest BCUT2D eigenvalue weighted by Crippen LogP contribution is 2.47. The van der Waals surface area contributed by atoms with E-state index in [9.17, 15) is 9.90 Å². The van der Waals surface area contributed by atoms with Crippen LogP contribution in [0.15, 0.2) is 30.3 Å². The number of aliphatic hydroxyl groups is 1. The predicted molar refractivity (Wildman–Crippen MR) is 131 cm³/mol. The van der Waals surface area contributed by atoms with Gasteiger partial charge in [0.1, 0.15) is 12.7 Å². The largest absolute Gasteiger partial charge is 0.462 e. The Bertz CT molecular complexity index is 722. The number of benzene rings is 1. The number of hydrogen-bond donors (Lipinski definition) is 2. The Kier molecular flexibility index (Phi) is 9.73. The Labute approximate surface area is 199 Å². The third-order valence-corrected chi connectivity index (χ3v) is 6.34. The van der Waals surface area contributed by atoms with E-state index in [2.05, 4.69) is 51.8 Å². The van der Waals surface area contributed by atoms with E-state index in [0.717, 1.165) is 18.8 Å². The van der Waals surface area contributed by atoms with Crippen molar-refractivity contribution in [2.45, 2.75) is 67.4 Å². The molecule has 188 valence electrons. The normalized spacial score (nSPS) is 19.4. The number of anilines is 1. The van der Waals surface area contributed by atoms with Gasteiger partial charge in [0.2, 0.25) is 6.41 Å². The van der Waals surface area contributed by atoms with E-state index < -0.39 is 17.9 Å². The van der Waals surface area contributed by atoms with Gasteiger partial charge in [-0.25, -0.2) is 0 Å². The molecule has 2 N–H and O–H groups in total. The Morgan fingerprint density at radius 3 is 2.24 bits per heavy atom. The Morgan fingerprint density at radius 2 is 1.70 bits per heavy atom. The summed E-state index contributed by atoms with van der Waals surface area (Å²) in [5.41, 5.74) is -0.208. The number of nitrogens with one attached hydrogen (secondary N) is 1. The summed E-state index contributed by atoms with van der Waals surface area (Å²) in [4.78, 5) is 15.6. The molecule has 0 amide bonds. The number of carbonyl (C=O) groups excluding carboxylic acids is 1. The van der Waals surface area contributed by atoms with E-state index in [1.807, 2.05) is 37.3 Å². The van der Waals surface area contributed by atoms with Crippen LogP contribution in [0.2, 0.25) is 0 Å². The third kappa shape index (κ3) is 8.89. The minimum absolute atomic E-state index is 0.0272. The zero-order valence-corrected chi connectivity index (χ0v) is 21.5. The number of hydrogen-bond acceptors (Lipinski definition) is 7. The molecule has 3 atom stereocenters. The first-order valence-corrected chi connectivity index (χ1v) is 11.9. The van der Waals surface area contributed by atoms with Crippen LogP contribution in [0.5, 0.6) is 0 Å². The lowest BCUT2D eigenvalue weighted by Crippen LogP contribution is -2.47. The average molecular weight is 465 g/mol. The molecule has 1 fully saturated rings. The molecule has 1 heterocycles. The second-order valence-electron chi connectivity index (χ2n) is 11.5. The van der Waals surface area contributed by atoms with E-state index in [1.165, 1.54) is 0 Å². The third-order valence-electron chi connectivity index (χ3n) is 6.34. The molecule has 7 heteroatoms. The van der Waals surface area contributed by atoms with Crippen LogP contribution in [0, 0.1) is 16.2 Å². The van der Waals surface area contributed by atoms with Gasteiger partial charge in [-0.1, -0.05) is 59.7 Å². The second kappa shape index (κ2) is 11.6. The van der Waals surface area contributed by atoms with Crippen LogP contribution in [-0.4, -0.2) is 67.9 Å². The standard InChI is InChI=1S/C26H44N2O5/c1-24(2,3)19-26(7,25(4,5)6)22(29)32-18-21(17-28-13-15-31-16-14-28)33-23(30)27-20-11-9-8-10-12-20/h8-12,21,23,27,30H,13-19H2,1-7H3. The smallest absolute Gasteiger partial charge is 0.312 e. The maximum atomic E-state index is 13.4. The van der Waals surface area contributed by atoms with Crippen LogP contribution in [0.4, 0.5) is 5.69 Å². The van der Waals surface area contributed by atoms with Crippen molar-refractivity contribution in [3.63, 3.8) is 0 Å². The Morgan fingerprint density at radius 1 is 1.09 bits per heavy atom. The maximum absolute atomic E-state index is 13.4. The predicted octanol–water partition coefficient (Wildman–Crippen LogP) is 4.12. The fraction of sp³-hybridized carbons (Fsp3) is 0.731. The van der Waals surface area contributed by atoms with Gasteiger partial charge in [0.05, 0.1) is 18.6 Å². The molecule has 1 saturated heterocycles. The summed E-state index contributed by atoms with van der Waals surface area (Å²) < 4.78 is 17.2. The van der Waals surface area contributed by atoms with Gasteiger partial charge in [-0.05, 0) is 36.3 Å². The number of ether oxygens (including phenoxy) is 3. The van der Waals surface area contributed by atoms with Gasteiger partial charge in [-0.2, -0.15) is 0 Å². The molecule has 0 radical (unpaired) electrons. The van der Waals surface area contributed by atoms with Crippen molar-refractivity contribution < 1.29 is 24.1 Å². The fourth-order valence-corrected chi connectivity index (χ4v) is 4.13. The number of morpholine rings is 1. The molecule has 7 nitrogen and oxygen atoms in total. The second-order valence-corrected chi connectivity index (χ2v) is 11.5. The molecule has 1 aliphatic rings. The van der Waals surface area contributed by atoms with E-state index in [1.54, 1.807) is 0 Å². The molecule has 1 aromatic rings. The van der Waals surface area contributed by atoms with Crippen molar-refractivity contribution >= 4 is 11.7 Å². The summed E-state index contributed by atoms with van der Waals surface area (Å²) in [5.74, 6) is -0.231. The summed E-state index contributed by atoms with van der Waals surface area (Å²) >= 11 is 0. The van der Waals surface area contributed by atoms with E-state index in [4.69, 9.17) is 14.2 Å². The highest BCUT2D eigenvalue weighted by atomic mass is 16.6. The molecule has 2 rings (SSSR count). The summed E-state index contributed by atoms with van der Waals surface area (Å²) in [7, 11) is 0. The number of aliphatic hydroxyl groups excluding tert-OH is 1. The lowest BCUT2D eigenvalue weighted by molar-refractivity contribution is -0.179. The van der Waals surface area contributed by atoms with Crippen molar-refractivity contribution in [3.8, 4) is 0 Å². The lowest BCUT2D eigenvalue weighted by atomic mass is 9.61. The van der Waals surface area contributed by atoms with Gasteiger partial charge >= 0.3 is 5.97 Å². The molecule has 0 aliphatic carbocycles. The van der Waals surface area contributed by atoms with Crippen LogP contribution in [0.25, 0.3) is 0 Å². The van der Waals surface area contributed by atoms with Gasteiger partial charge in [0.15, 0.2) is 0 Å². The van der Waals surface area contributed by atoms with E-state index >= 15 is 0 Å². The molecule has 0 spiro atoms. The summed E-state index contributed by atoms with van der Waals surface area (Å²) in [6.45, 7) is 18.1. The van der Waals surface area contributed by atoms with Crippen molar-refractivity contribution in [1.29, 1.82) is 0 Å². The maximum Gasteiger partial charge on any atom is 0.312 e. The lowest BCUT2D eigenvalue weighted by Gasteiger charge is -2.43. The minimum atomic E-state index is -1.22. The molecule has 0 saturated carbocycles.